The third-order valence-corrected chi connectivity index (χ3v) is 7.15. The van der Waals surface area contributed by atoms with Gasteiger partial charge in [0.25, 0.3) is 0 Å². The van der Waals surface area contributed by atoms with Gasteiger partial charge in [0.1, 0.15) is 6.10 Å². The molecule has 2 atom stereocenters. The van der Waals surface area contributed by atoms with Crippen molar-refractivity contribution in [2.75, 3.05) is 19.6 Å². The fraction of sp³-hybridized carbons (Fsp3) is 0.480. The first-order chi connectivity index (χ1) is 15.4. The van der Waals surface area contributed by atoms with E-state index in [1.807, 2.05) is 18.2 Å². The number of piperidine rings is 3. The lowest BCUT2D eigenvalue weighted by Crippen LogP contribution is -2.52. The lowest BCUT2D eigenvalue weighted by Gasteiger charge is -2.44. The molecule has 2 bridgehead atoms. The molecule has 7 heteroatoms. The maximum Gasteiger partial charge on any atom is 0.416 e. The second kappa shape index (κ2) is 8.43. The third-order valence-electron chi connectivity index (χ3n) is 7.15. The minimum atomic E-state index is -4.34. The van der Waals surface area contributed by atoms with Gasteiger partial charge < -0.3 is 10.1 Å². The molecular formula is C25H27F3N2O2. The van der Waals surface area contributed by atoms with E-state index in [-0.39, 0.29) is 18.2 Å². The second-order valence-electron chi connectivity index (χ2n) is 9.16. The number of alkyl carbamates (subject to hydrolysis) is 1. The summed E-state index contributed by atoms with van der Waals surface area (Å²) in [5.41, 5.74) is 3.18. The Kier molecular flexibility index (Phi) is 5.61. The molecule has 1 aliphatic carbocycles. The van der Waals surface area contributed by atoms with Gasteiger partial charge >= 0.3 is 12.3 Å². The van der Waals surface area contributed by atoms with Gasteiger partial charge in [-0.05, 0) is 85.5 Å². The van der Waals surface area contributed by atoms with Crippen LogP contribution in [0.4, 0.5) is 18.0 Å². The summed E-state index contributed by atoms with van der Waals surface area (Å²) in [4.78, 5) is 15.0. The summed E-state index contributed by atoms with van der Waals surface area (Å²) < 4.78 is 44.3. The Morgan fingerprint density at radius 3 is 2.38 bits per heavy atom. The minimum absolute atomic E-state index is 0.0254. The van der Waals surface area contributed by atoms with Crippen LogP contribution in [0.5, 0.6) is 0 Å². The molecule has 1 amide bonds. The maximum absolute atomic E-state index is 12.8. The smallest absolute Gasteiger partial charge is 0.416 e. The van der Waals surface area contributed by atoms with Gasteiger partial charge in [-0.2, -0.15) is 13.2 Å². The fourth-order valence-corrected chi connectivity index (χ4v) is 5.35. The number of nitrogens with zero attached hydrogens (tertiary/aromatic N) is 1. The van der Waals surface area contributed by atoms with Crippen LogP contribution < -0.4 is 5.32 Å². The summed E-state index contributed by atoms with van der Waals surface area (Å²) in [6.45, 7) is 3.03. The Labute approximate surface area is 185 Å². The van der Waals surface area contributed by atoms with E-state index >= 15 is 0 Å². The van der Waals surface area contributed by atoms with Crippen molar-refractivity contribution in [3.8, 4) is 11.1 Å². The van der Waals surface area contributed by atoms with Crippen molar-refractivity contribution >= 4 is 6.09 Å². The Balaban J connectivity index is 1.27. The molecule has 0 saturated carbocycles. The van der Waals surface area contributed by atoms with E-state index in [0.29, 0.717) is 5.92 Å². The summed E-state index contributed by atoms with van der Waals surface area (Å²) in [5, 5.41) is 3.06. The first kappa shape index (κ1) is 21.3. The van der Waals surface area contributed by atoms with Crippen LogP contribution in [-0.2, 0) is 17.3 Å². The number of nitrogens with one attached hydrogen (secondary N) is 1. The molecule has 1 unspecified atom stereocenters. The molecule has 2 aromatic carbocycles. The number of aryl methyl sites for hydroxylation is 1. The largest absolute Gasteiger partial charge is 0.445 e. The predicted octanol–water partition coefficient (Wildman–Crippen LogP) is 5.57. The van der Waals surface area contributed by atoms with Crippen molar-refractivity contribution in [3.63, 3.8) is 0 Å². The second-order valence-corrected chi connectivity index (χ2v) is 9.16. The molecule has 1 N–H and O–H groups in total. The first-order valence-corrected chi connectivity index (χ1v) is 11.4. The summed E-state index contributed by atoms with van der Waals surface area (Å²) in [6.07, 6.45) is 0.146. The third kappa shape index (κ3) is 4.35. The number of rotatable bonds is 3. The van der Waals surface area contributed by atoms with Crippen LogP contribution in [0.2, 0.25) is 0 Å². The predicted molar refractivity (Wildman–Crippen MR) is 115 cm³/mol. The Hall–Kier alpha value is -2.54. The molecule has 0 aromatic heterocycles. The van der Waals surface area contributed by atoms with E-state index in [2.05, 4.69) is 10.2 Å². The molecule has 4 aliphatic rings. The van der Waals surface area contributed by atoms with E-state index in [0.717, 1.165) is 86.1 Å². The number of halogens is 3. The Morgan fingerprint density at radius 1 is 1.00 bits per heavy atom. The average Bonchev–Trinajstić information content (AvgIpc) is 2.79. The summed E-state index contributed by atoms with van der Waals surface area (Å²) >= 11 is 0. The summed E-state index contributed by atoms with van der Waals surface area (Å²) in [6, 6.07) is 11.1. The fourth-order valence-electron chi connectivity index (χ4n) is 5.35. The number of hydrogen-bond acceptors (Lipinski definition) is 3. The molecule has 0 spiro atoms. The number of benzene rings is 2. The molecule has 4 nitrogen and oxygen atoms in total. The van der Waals surface area contributed by atoms with Crippen molar-refractivity contribution < 1.29 is 22.7 Å². The lowest BCUT2D eigenvalue weighted by atomic mass is 9.85. The highest BCUT2D eigenvalue weighted by molar-refractivity contribution is 5.69. The molecular weight excluding hydrogens is 417 g/mol. The molecule has 6 rings (SSSR count). The minimum Gasteiger partial charge on any atom is -0.445 e. The van der Waals surface area contributed by atoms with Crippen LogP contribution in [0.25, 0.3) is 11.1 Å². The van der Waals surface area contributed by atoms with Crippen LogP contribution in [0.1, 0.15) is 48.4 Å². The highest BCUT2D eigenvalue weighted by Crippen LogP contribution is 2.35. The van der Waals surface area contributed by atoms with Crippen molar-refractivity contribution in [2.24, 2.45) is 5.92 Å². The topological polar surface area (TPSA) is 41.6 Å². The monoisotopic (exact) mass is 444 g/mol. The van der Waals surface area contributed by atoms with Crippen molar-refractivity contribution in [2.45, 2.75) is 50.4 Å². The highest BCUT2D eigenvalue weighted by atomic mass is 19.4. The van der Waals surface area contributed by atoms with Gasteiger partial charge in [-0.15, -0.1) is 0 Å². The average molecular weight is 444 g/mol. The normalized spacial score (nSPS) is 27.0. The van der Waals surface area contributed by atoms with Gasteiger partial charge in [-0.25, -0.2) is 4.79 Å². The molecule has 0 radical (unpaired) electrons. The van der Waals surface area contributed by atoms with Gasteiger partial charge in [0, 0.05) is 6.54 Å². The number of amides is 1. The van der Waals surface area contributed by atoms with E-state index in [9.17, 15) is 18.0 Å². The molecule has 3 heterocycles. The molecule has 3 fully saturated rings. The molecule has 32 heavy (non-hydrogen) atoms. The van der Waals surface area contributed by atoms with Gasteiger partial charge in [0.2, 0.25) is 0 Å². The maximum atomic E-state index is 12.8. The molecule has 3 aliphatic heterocycles. The van der Waals surface area contributed by atoms with Gasteiger partial charge in [-0.1, -0.05) is 30.3 Å². The zero-order valence-electron chi connectivity index (χ0n) is 17.8. The zero-order chi connectivity index (χ0) is 22.3. The van der Waals surface area contributed by atoms with Crippen LogP contribution in [0.15, 0.2) is 42.5 Å². The molecule has 3 saturated heterocycles. The number of carbonyl (C=O) groups excluding carboxylic acids is 1. The van der Waals surface area contributed by atoms with Gasteiger partial charge in [0.05, 0.1) is 11.6 Å². The molecule has 2 aromatic rings. The van der Waals surface area contributed by atoms with E-state index < -0.39 is 11.7 Å². The summed E-state index contributed by atoms with van der Waals surface area (Å²) in [5.74, 6) is 0.468. The SMILES string of the molecule is O=C(NC1CCCc2cc(-c3ccc(C(F)(F)F)cc3)ccc21)O[C@H]1CN2CCC1CC2. The van der Waals surface area contributed by atoms with E-state index in [4.69, 9.17) is 4.74 Å². The van der Waals surface area contributed by atoms with Crippen molar-refractivity contribution in [1.29, 1.82) is 0 Å². The summed E-state index contributed by atoms with van der Waals surface area (Å²) in [7, 11) is 0. The van der Waals surface area contributed by atoms with Crippen LogP contribution in [-0.4, -0.2) is 36.7 Å². The first-order valence-electron chi connectivity index (χ1n) is 11.4. The van der Waals surface area contributed by atoms with Gasteiger partial charge in [0.15, 0.2) is 0 Å². The lowest BCUT2D eigenvalue weighted by molar-refractivity contribution is -0.137. The quantitative estimate of drug-likeness (QED) is 0.673. The van der Waals surface area contributed by atoms with Crippen LogP contribution in [0, 0.1) is 5.92 Å². The standard InChI is InChI=1S/C25H27F3N2O2/c26-25(27,28)20-7-4-16(5-8-20)18-6-9-21-19(14-18)2-1-3-22(21)29-24(31)32-23-15-30-12-10-17(23)11-13-30/h4-9,14,17,22-23H,1-3,10-13,15H2,(H,29,31)/t22?,23-/m0/s1. The zero-order valence-corrected chi connectivity index (χ0v) is 17.8. The number of carbonyl (C=O) groups is 1. The highest BCUT2D eigenvalue weighted by Gasteiger charge is 2.37. The van der Waals surface area contributed by atoms with Gasteiger partial charge in [-0.3, -0.25) is 4.90 Å². The number of hydrogen-bond donors (Lipinski definition) is 1. The molecule has 170 valence electrons. The van der Waals surface area contributed by atoms with Crippen molar-refractivity contribution in [3.05, 3.63) is 59.2 Å². The van der Waals surface area contributed by atoms with Crippen LogP contribution in [0.3, 0.4) is 0 Å². The number of alkyl halides is 3. The number of ether oxygens (including phenoxy) is 1. The van der Waals surface area contributed by atoms with E-state index in [1.54, 1.807) is 0 Å². The van der Waals surface area contributed by atoms with Crippen molar-refractivity contribution in [1.82, 2.24) is 10.2 Å². The van der Waals surface area contributed by atoms with E-state index in [1.165, 1.54) is 12.1 Å². The Bertz CT molecular complexity index is 982. The number of fused-ring (bicyclic) bond motifs is 4. The Morgan fingerprint density at radius 2 is 1.72 bits per heavy atom. The van der Waals surface area contributed by atoms with Crippen LogP contribution >= 0.6 is 0 Å².